The lowest BCUT2D eigenvalue weighted by atomic mass is 10.1. The molecule has 20 heavy (non-hydrogen) atoms. The maximum atomic E-state index is 9.90. The second kappa shape index (κ2) is 9.78. The van der Waals surface area contributed by atoms with E-state index in [-0.39, 0.29) is 0 Å². The fourth-order valence-corrected chi connectivity index (χ4v) is 2.02. The fourth-order valence-electron chi connectivity index (χ4n) is 2.02. The highest BCUT2D eigenvalue weighted by atomic mass is 16.5. The van der Waals surface area contributed by atoms with Crippen LogP contribution in [0.5, 0.6) is 5.75 Å². The van der Waals surface area contributed by atoms with Gasteiger partial charge in [-0.05, 0) is 37.5 Å². The van der Waals surface area contributed by atoms with Gasteiger partial charge in [0.15, 0.2) is 0 Å². The highest BCUT2D eigenvalue weighted by Crippen LogP contribution is 2.12. The molecule has 0 aliphatic carbocycles. The molecule has 114 valence electrons. The molecular weight excluding hydrogens is 250 g/mol. The predicted octanol–water partition coefficient (Wildman–Crippen LogP) is 3.16. The first kappa shape index (κ1) is 17.0. The van der Waals surface area contributed by atoms with E-state index in [1.807, 2.05) is 12.1 Å². The normalized spacial score (nSPS) is 14.0. The van der Waals surface area contributed by atoms with Crippen LogP contribution in [-0.4, -0.2) is 30.4 Å². The van der Waals surface area contributed by atoms with Crippen molar-refractivity contribution in [1.82, 2.24) is 5.32 Å². The molecule has 3 heteroatoms. The van der Waals surface area contributed by atoms with Crippen LogP contribution in [0.15, 0.2) is 24.3 Å². The number of aliphatic hydroxyl groups is 1. The number of aryl methyl sites for hydroxylation is 1. The van der Waals surface area contributed by atoms with E-state index in [4.69, 9.17) is 4.74 Å². The second-order valence-electron chi connectivity index (χ2n) is 5.41. The Labute approximate surface area is 123 Å². The van der Waals surface area contributed by atoms with Crippen molar-refractivity contribution in [2.24, 2.45) is 0 Å². The van der Waals surface area contributed by atoms with Gasteiger partial charge in [-0.3, -0.25) is 0 Å². The zero-order valence-corrected chi connectivity index (χ0v) is 13.1. The molecule has 0 heterocycles. The number of aliphatic hydroxyl groups excluding tert-OH is 1. The molecule has 0 aliphatic heterocycles. The lowest BCUT2D eigenvalue weighted by molar-refractivity contribution is 0.104. The maximum absolute atomic E-state index is 9.90. The Hall–Kier alpha value is -1.06. The monoisotopic (exact) mass is 279 g/mol. The third kappa shape index (κ3) is 6.92. The minimum absolute atomic E-state index is 0.332. The van der Waals surface area contributed by atoms with Crippen molar-refractivity contribution in [1.29, 1.82) is 0 Å². The number of benzene rings is 1. The number of rotatable bonds is 10. The second-order valence-corrected chi connectivity index (χ2v) is 5.41. The van der Waals surface area contributed by atoms with Crippen LogP contribution in [0.25, 0.3) is 0 Å². The highest BCUT2D eigenvalue weighted by molar-refractivity contribution is 5.27. The van der Waals surface area contributed by atoms with Crippen molar-refractivity contribution in [3.63, 3.8) is 0 Å². The number of hydrogen-bond acceptors (Lipinski definition) is 3. The summed E-state index contributed by atoms with van der Waals surface area (Å²) in [5, 5.41) is 13.2. The summed E-state index contributed by atoms with van der Waals surface area (Å²) in [6, 6.07) is 8.50. The molecule has 2 atom stereocenters. The SMILES string of the molecule is CCCCC(C)NCC(O)COc1ccc(CC)cc1. The first-order valence-electron chi connectivity index (χ1n) is 7.78. The molecule has 1 rings (SSSR count). The smallest absolute Gasteiger partial charge is 0.119 e. The van der Waals surface area contributed by atoms with Crippen molar-refractivity contribution < 1.29 is 9.84 Å². The molecule has 2 unspecified atom stereocenters. The standard InChI is InChI=1S/C17H29NO2/c1-4-6-7-14(3)18-12-16(19)13-20-17-10-8-15(5-2)9-11-17/h8-11,14,16,18-19H,4-7,12-13H2,1-3H3. The largest absolute Gasteiger partial charge is 0.491 e. The highest BCUT2D eigenvalue weighted by Gasteiger charge is 2.07. The summed E-state index contributed by atoms with van der Waals surface area (Å²) in [4.78, 5) is 0. The van der Waals surface area contributed by atoms with E-state index in [1.54, 1.807) is 0 Å². The molecule has 1 aromatic carbocycles. The van der Waals surface area contributed by atoms with Gasteiger partial charge in [0.05, 0.1) is 0 Å². The lowest BCUT2D eigenvalue weighted by Crippen LogP contribution is -2.36. The summed E-state index contributed by atoms with van der Waals surface area (Å²) >= 11 is 0. The van der Waals surface area contributed by atoms with Crippen LogP contribution in [0.3, 0.4) is 0 Å². The van der Waals surface area contributed by atoms with Gasteiger partial charge >= 0.3 is 0 Å². The van der Waals surface area contributed by atoms with Gasteiger partial charge in [0, 0.05) is 12.6 Å². The third-order valence-corrected chi connectivity index (χ3v) is 3.47. The van der Waals surface area contributed by atoms with Crippen LogP contribution in [0.4, 0.5) is 0 Å². The Kier molecular flexibility index (Phi) is 8.31. The van der Waals surface area contributed by atoms with Crippen LogP contribution in [-0.2, 0) is 6.42 Å². The zero-order valence-electron chi connectivity index (χ0n) is 13.1. The molecule has 2 N–H and O–H groups in total. The van der Waals surface area contributed by atoms with Crippen molar-refractivity contribution in [3.05, 3.63) is 29.8 Å². The van der Waals surface area contributed by atoms with Crippen molar-refractivity contribution in [2.45, 2.75) is 58.6 Å². The summed E-state index contributed by atoms with van der Waals surface area (Å²) in [7, 11) is 0. The number of ether oxygens (including phenoxy) is 1. The molecule has 0 saturated carbocycles. The van der Waals surface area contributed by atoms with Gasteiger partial charge in [-0.25, -0.2) is 0 Å². The summed E-state index contributed by atoms with van der Waals surface area (Å²) < 4.78 is 5.59. The van der Waals surface area contributed by atoms with Gasteiger partial charge in [0.1, 0.15) is 18.5 Å². The quantitative estimate of drug-likeness (QED) is 0.691. The van der Waals surface area contributed by atoms with E-state index in [1.165, 1.54) is 18.4 Å². The Morgan fingerprint density at radius 3 is 2.50 bits per heavy atom. The third-order valence-electron chi connectivity index (χ3n) is 3.47. The minimum Gasteiger partial charge on any atom is -0.491 e. The van der Waals surface area contributed by atoms with E-state index < -0.39 is 6.10 Å². The minimum atomic E-state index is -0.468. The number of unbranched alkanes of at least 4 members (excludes halogenated alkanes) is 1. The van der Waals surface area contributed by atoms with Gasteiger partial charge in [-0.1, -0.05) is 38.8 Å². The summed E-state index contributed by atoms with van der Waals surface area (Å²) in [6.07, 6.45) is 4.16. The average Bonchev–Trinajstić information content (AvgIpc) is 2.49. The Bertz CT molecular complexity index is 351. The Balaban J connectivity index is 2.20. The van der Waals surface area contributed by atoms with Crippen molar-refractivity contribution in [3.8, 4) is 5.75 Å². The summed E-state index contributed by atoms with van der Waals surface area (Å²) in [6.45, 7) is 7.40. The molecular formula is C17H29NO2. The maximum Gasteiger partial charge on any atom is 0.119 e. The van der Waals surface area contributed by atoms with Gasteiger partial charge < -0.3 is 15.2 Å². The first-order valence-corrected chi connectivity index (χ1v) is 7.78. The van der Waals surface area contributed by atoms with Crippen LogP contribution in [0.2, 0.25) is 0 Å². The van der Waals surface area contributed by atoms with E-state index in [0.717, 1.165) is 18.6 Å². The van der Waals surface area contributed by atoms with Crippen LogP contribution in [0.1, 0.15) is 45.6 Å². The molecule has 0 spiro atoms. The van der Waals surface area contributed by atoms with Gasteiger partial charge in [-0.15, -0.1) is 0 Å². The molecule has 3 nitrogen and oxygen atoms in total. The van der Waals surface area contributed by atoms with Crippen LogP contribution in [0, 0.1) is 0 Å². The molecule has 0 fully saturated rings. The first-order chi connectivity index (χ1) is 9.65. The van der Waals surface area contributed by atoms with E-state index in [9.17, 15) is 5.11 Å². The number of hydrogen-bond donors (Lipinski definition) is 2. The summed E-state index contributed by atoms with van der Waals surface area (Å²) in [5.74, 6) is 0.820. The van der Waals surface area contributed by atoms with Gasteiger partial charge in [0.25, 0.3) is 0 Å². The van der Waals surface area contributed by atoms with Gasteiger partial charge in [-0.2, -0.15) is 0 Å². The molecule has 0 aromatic heterocycles. The van der Waals surface area contributed by atoms with Crippen molar-refractivity contribution in [2.75, 3.05) is 13.2 Å². The van der Waals surface area contributed by atoms with Gasteiger partial charge in [0.2, 0.25) is 0 Å². The van der Waals surface area contributed by atoms with E-state index in [0.29, 0.717) is 19.2 Å². The predicted molar refractivity (Wildman–Crippen MR) is 84.3 cm³/mol. The van der Waals surface area contributed by atoms with Crippen LogP contribution < -0.4 is 10.1 Å². The van der Waals surface area contributed by atoms with Crippen LogP contribution >= 0.6 is 0 Å². The molecule has 0 saturated heterocycles. The Morgan fingerprint density at radius 1 is 1.20 bits per heavy atom. The number of nitrogens with one attached hydrogen (secondary N) is 1. The topological polar surface area (TPSA) is 41.5 Å². The average molecular weight is 279 g/mol. The fraction of sp³-hybridized carbons (Fsp3) is 0.647. The molecule has 1 aromatic rings. The van der Waals surface area contributed by atoms with E-state index >= 15 is 0 Å². The lowest BCUT2D eigenvalue weighted by Gasteiger charge is -2.17. The molecule has 0 radical (unpaired) electrons. The zero-order chi connectivity index (χ0) is 14.8. The summed E-state index contributed by atoms with van der Waals surface area (Å²) in [5.41, 5.74) is 1.30. The van der Waals surface area contributed by atoms with Crippen molar-refractivity contribution >= 4 is 0 Å². The molecule has 0 amide bonds. The molecule has 0 bridgehead atoms. The Morgan fingerprint density at radius 2 is 1.90 bits per heavy atom. The van der Waals surface area contributed by atoms with E-state index in [2.05, 4.69) is 38.2 Å². The molecule has 0 aliphatic rings.